The fraction of sp³-hybridized carbons (Fsp3) is 0.433. The number of likely N-dealkylation sites (N-methyl/N-ethyl adjacent to an activating group) is 1. The highest BCUT2D eigenvalue weighted by atomic mass is 16.6. The molecule has 3 aliphatic carbocycles. The molecule has 2 saturated carbocycles. The third kappa shape index (κ3) is 25.5. The minimum atomic E-state index is -2.46. The van der Waals surface area contributed by atoms with Crippen molar-refractivity contribution in [1.29, 1.82) is 5.41 Å². The van der Waals surface area contributed by atoms with E-state index < -0.39 is 246 Å². The SMILES string of the molecule is CNCC(=O)C(=O)[C@H](CCCNC(=N)N)NC(=O)[C@H](CO)NC(=O)CNC(=O)CNC(=O)C(Cc1ccc(O)cc1)NC(=O)[C@H](Cc1ccccc1)NC(=O)C(Cc1ccccc1)NC(=O)C(NC(=O)CCC(=O)O[C@@H](C(=O)O[C@H]1C[C@@]2(O)[C@@H](OC(=O)c3ccccc3)[C@H]3[C@](C)(C(=O)[C@H](C)C(=C1C)C2(C)C)[C@@H](O)CC1OC[C@]13OC(C)=O)[C@@H](NC(=O)c1ccccc1)c1ccccc1)C(C)O. The maximum atomic E-state index is 15.9. The fourth-order valence-electron chi connectivity index (χ4n) is 18.1. The molecule has 3 fully saturated rings. The van der Waals surface area contributed by atoms with Crippen molar-refractivity contribution in [2.45, 2.75) is 196 Å². The topological polar surface area (TPSA) is 603 Å². The van der Waals surface area contributed by atoms with Crippen LogP contribution < -0.4 is 64.2 Å². The first kappa shape index (κ1) is 104. The fourth-order valence-corrected chi connectivity index (χ4v) is 18.1. The molecule has 4 aliphatic rings. The minimum absolute atomic E-state index is 0.00607. The number of ether oxygens (including phenoxy) is 5. The van der Waals surface area contributed by atoms with E-state index in [2.05, 4.69) is 58.5 Å². The lowest BCUT2D eigenvalue weighted by atomic mass is 9.43. The molecule has 0 aromatic heterocycles. The number of nitrogens with one attached hydrogen (secondary N) is 12. The van der Waals surface area contributed by atoms with Gasteiger partial charge in [-0.3, -0.25) is 72.5 Å². The van der Waals surface area contributed by atoms with Gasteiger partial charge in [0.05, 0.1) is 74.4 Å². The largest absolute Gasteiger partial charge is 0.508 e. The Kier molecular flexibility index (Phi) is 35.8. The van der Waals surface area contributed by atoms with Crippen LogP contribution in [0, 0.1) is 28.1 Å². The van der Waals surface area contributed by atoms with Crippen LogP contribution in [0.25, 0.3) is 0 Å². The summed E-state index contributed by atoms with van der Waals surface area (Å²) in [4.78, 5) is 228. The number of aliphatic hydroxyl groups excluding tert-OH is 3. The average Bonchev–Trinajstić information content (AvgIpc) is 0.667. The van der Waals surface area contributed by atoms with Gasteiger partial charge in [0.25, 0.3) is 5.91 Å². The molecule has 2 bridgehead atoms. The zero-order valence-electron chi connectivity index (χ0n) is 76.4. The summed E-state index contributed by atoms with van der Waals surface area (Å²) in [6.07, 6.45) is -13.6. The molecule has 18 atom stereocenters. The monoisotopic (exact) mass is 1880 g/mol. The number of phenolic OH excluding ortho intramolecular Hbond substituents is 1. The van der Waals surface area contributed by atoms with E-state index in [4.69, 9.17) is 34.8 Å². The number of Topliss-reactive ketones (excluding diaryl/α,β-unsaturated/α-hetero) is 3. The van der Waals surface area contributed by atoms with Crippen LogP contribution in [-0.4, -0.2) is 256 Å². The van der Waals surface area contributed by atoms with Crippen molar-refractivity contribution in [3.05, 3.63) is 220 Å². The number of ketones is 3. The summed E-state index contributed by atoms with van der Waals surface area (Å²) in [6.45, 7) is 6.77. The summed E-state index contributed by atoms with van der Waals surface area (Å²) in [5.41, 5.74) is -0.566. The summed E-state index contributed by atoms with van der Waals surface area (Å²) in [6, 6.07) is 33.6. The van der Waals surface area contributed by atoms with Crippen molar-refractivity contribution in [1.82, 2.24) is 58.5 Å². The maximum Gasteiger partial charge on any atom is 0.350 e. The van der Waals surface area contributed by atoms with Crippen molar-refractivity contribution in [2.75, 3.05) is 46.4 Å². The molecule has 726 valence electrons. The molecule has 19 N–H and O–H groups in total. The Morgan fingerprint density at radius 1 is 0.603 bits per heavy atom. The number of hydrogen-bond donors (Lipinski definition) is 18. The van der Waals surface area contributed by atoms with Crippen molar-refractivity contribution in [3.63, 3.8) is 0 Å². The van der Waals surface area contributed by atoms with Gasteiger partial charge >= 0.3 is 23.9 Å². The second-order valence-corrected chi connectivity index (χ2v) is 34.9. The average molecular weight is 1880 g/mol. The van der Waals surface area contributed by atoms with Gasteiger partial charge in [0.15, 0.2) is 11.6 Å². The third-order valence-corrected chi connectivity index (χ3v) is 25.2. The normalized spacial score (nSPS) is 22.0. The van der Waals surface area contributed by atoms with Crippen molar-refractivity contribution in [2.24, 2.45) is 28.4 Å². The van der Waals surface area contributed by atoms with Crippen LogP contribution in [0.2, 0.25) is 0 Å². The number of nitrogens with two attached hydrogens (primary N) is 1. The second-order valence-electron chi connectivity index (χ2n) is 34.9. The van der Waals surface area contributed by atoms with Crippen LogP contribution in [0.3, 0.4) is 0 Å². The Bertz CT molecular complexity index is 5390. The van der Waals surface area contributed by atoms with E-state index in [-0.39, 0.29) is 97.8 Å². The molecular weight excluding hydrogens is 1760 g/mol. The molecule has 1 heterocycles. The van der Waals surface area contributed by atoms with Crippen LogP contribution in [0.1, 0.15) is 136 Å². The predicted molar refractivity (Wildman–Crippen MR) is 486 cm³/mol. The van der Waals surface area contributed by atoms with Gasteiger partial charge in [0.2, 0.25) is 64.9 Å². The first-order valence-electron chi connectivity index (χ1n) is 44.5. The van der Waals surface area contributed by atoms with E-state index in [1.54, 1.807) is 143 Å². The number of hydrogen-bond acceptors (Lipinski definition) is 28. The smallest absolute Gasteiger partial charge is 0.350 e. The number of esters is 4. The van der Waals surface area contributed by atoms with Crippen molar-refractivity contribution >= 4 is 100 Å². The minimum Gasteiger partial charge on any atom is -0.508 e. The molecule has 0 radical (unpaired) electrons. The molecule has 6 aromatic carbocycles. The van der Waals surface area contributed by atoms with Crippen LogP contribution in [-0.2, 0) is 110 Å². The molecule has 39 nitrogen and oxygen atoms in total. The number of rotatable bonds is 44. The highest BCUT2D eigenvalue weighted by molar-refractivity contribution is 6.40. The summed E-state index contributed by atoms with van der Waals surface area (Å²) in [5.74, 6) is -19.4. The van der Waals surface area contributed by atoms with Gasteiger partial charge < -0.3 is 113 Å². The molecule has 1 aliphatic heterocycles. The van der Waals surface area contributed by atoms with Crippen molar-refractivity contribution in [3.8, 4) is 5.75 Å². The zero-order chi connectivity index (χ0) is 99.1. The van der Waals surface area contributed by atoms with Crippen LogP contribution >= 0.6 is 0 Å². The predicted octanol–water partition coefficient (Wildman–Crippen LogP) is 0.340. The summed E-state index contributed by atoms with van der Waals surface area (Å²) in [7, 11) is 1.42. The Morgan fingerprint density at radius 2 is 1.12 bits per heavy atom. The summed E-state index contributed by atoms with van der Waals surface area (Å²) >= 11 is 0. The Hall–Kier alpha value is -14.0. The van der Waals surface area contributed by atoms with E-state index in [0.29, 0.717) is 16.7 Å². The van der Waals surface area contributed by atoms with E-state index in [0.717, 1.165) is 13.8 Å². The van der Waals surface area contributed by atoms with E-state index in [1.807, 2.05) is 0 Å². The number of phenols is 1. The number of guanidine groups is 1. The second kappa shape index (κ2) is 46.8. The number of carbonyl (C=O) groups is 16. The van der Waals surface area contributed by atoms with Gasteiger partial charge in [-0.2, -0.15) is 0 Å². The highest BCUT2D eigenvalue weighted by Gasteiger charge is 2.78. The lowest BCUT2D eigenvalue weighted by molar-refractivity contribution is -0.345. The molecule has 9 amide bonds. The maximum absolute atomic E-state index is 15.9. The number of benzene rings is 6. The number of carbonyl (C=O) groups excluding carboxylic acids is 16. The van der Waals surface area contributed by atoms with Crippen molar-refractivity contribution < 1.29 is 126 Å². The highest BCUT2D eigenvalue weighted by Crippen LogP contribution is 2.65. The first-order valence-corrected chi connectivity index (χ1v) is 44.5. The summed E-state index contributed by atoms with van der Waals surface area (Å²) < 4.78 is 31.4. The van der Waals surface area contributed by atoms with Gasteiger partial charge in [-0.1, -0.05) is 160 Å². The van der Waals surface area contributed by atoms with Gasteiger partial charge in [0, 0.05) is 68.9 Å². The van der Waals surface area contributed by atoms with Gasteiger partial charge in [-0.15, -0.1) is 0 Å². The summed E-state index contributed by atoms with van der Waals surface area (Å²) in [5, 5.41) is 93.0. The third-order valence-electron chi connectivity index (χ3n) is 25.2. The van der Waals surface area contributed by atoms with Crippen LogP contribution in [0.15, 0.2) is 187 Å². The Balaban J connectivity index is 0.865. The lowest BCUT2D eigenvalue weighted by Gasteiger charge is -2.67. The number of aliphatic hydroxyl groups is 4. The standard InChI is InChI=1S/C97H117N13O26/c1-53-70(47-97(131)84(135-91(129)62-33-22-13-23-34-62)82-95(7,83(122)54(2)77(53)94(97,5)6)71(116)46-72-96(82,52-132-72)136-56(4)113)133-92(130)81(79(60-29-18-11-19-30-60)110-85(123)61-31-20-12-21-32-61)134-76(120)41-40-73(117)109-78(55(3)112)90(128)108-67(44-58-27-16-10-17-28-58)88(126)107-66(43-57-25-14-9-15-26-57)87(125)106-65(45-59-36-38-63(114)39-37-59)86(124)103-49-74(118)102-50-75(119)104-68(51-111)89(127)105-64(35-24-42-101-93(98)99)80(121)69(115)48-100-8/h9-23,25-34,36-39,54-55,64-68,70-72,78-79,81-82,84,100,111-112,114,116,131H,24,35,40-52H2,1-8H3,(H,102,118)(H,103,124)(H,104,119)(H,105,127)(H,106,125)(H,107,126)(H,108,128)(H,109,117)(H,110,123)(H4,98,99,101)/t54-,55?,64+,65?,66+,67?,68+,70+,71+,72?,78?,79+,81-,82+,84+,95-,96+,97-/m1/s1. The zero-order valence-corrected chi connectivity index (χ0v) is 76.4. The number of fused-ring (bicyclic) bond motifs is 5. The molecule has 136 heavy (non-hydrogen) atoms. The Morgan fingerprint density at radius 3 is 1.66 bits per heavy atom. The molecular formula is C97H117N13O26. The molecule has 39 heteroatoms. The van der Waals surface area contributed by atoms with E-state index >= 15 is 14.4 Å². The van der Waals surface area contributed by atoms with Gasteiger partial charge in [-0.25, -0.2) is 9.59 Å². The van der Waals surface area contributed by atoms with E-state index in [9.17, 15) is 87.9 Å². The molecule has 6 aromatic rings. The van der Waals surface area contributed by atoms with E-state index in [1.165, 1.54) is 74.6 Å². The van der Waals surface area contributed by atoms with Crippen LogP contribution in [0.5, 0.6) is 5.75 Å². The quantitative estimate of drug-likeness (QED) is 0.00466. The number of aromatic hydroxyl groups is 1. The Labute approximate surface area is 783 Å². The lowest BCUT2D eigenvalue weighted by Crippen LogP contribution is -2.81. The van der Waals surface area contributed by atoms with Gasteiger partial charge in [-0.05, 0) is 110 Å². The first-order chi connectivity index (χ1) is 64.6. The molecule has 5 unspecified atom stereocenters. The molecule has 1 saturated heterocycles. The molecule has 10 rings (SSSR count). The molecule has 0 spiro atoms. The number of amides is 9. The van der Waals surface area contributed by atoms with Gasteiger partial charge in [0.1, 0.15) is 71.7 Å². The van der Waals surface area contributed by atoms with Crippen LogP contribution in [0.4, 0.5) is 0 Å².